The quantitative estimate of drug-likeness (QED) is 0.894. The van der Waals surface area contributed by atoms with Crippen molar-refractivity contribution < 1.29 is 9.53 Å². The number of hydrogen-bond donors (Lipinski definition) is 2. The van der Waals surface area contributed by atoms with E-state index in [2.05, 4.69) is 33.5 Å². The highest BCUT2D eigenvalue weighted by molar-refractivity contribution is 9.10. The first-order valence-electron chi connectivity index (χ1n) is 6.54. The molecule has 2 unspecified atom stereocenters. The number of ether oxygens (including phenoxy) is 1. The molecule has 1 heterocycles. The second-order valence-corrected chi connectivity index (χ2v) is 5.76. The van der Waals surface area contributed by atoms with Crippen molar-refractivity contribution >= 4 is 27.5 Å². The number of nitrogens with one attached hydrogen (secondary N) is 2. The van der Waals surface area contributed by atoms with E-state index < -0.39 is 0 Å². The predicted octanol–water partition coefficient (Wildman–Crippen LogP) is 2.54. The van der Waals surface area contributed by atoms with Crippen LogP contribution in [0, 0.1) is 0 Å². The second-order valence-electron chi connectivity index (χ2n) is 4.84. The number of benzene rings is 1. The number of halogens is 1. The summed E-state index contributed by atoms with van der Waals surface area (Å²) in [5, 5.41) is 6.15. The van der Waals surface area contributed by atoms with Crippen LogP contribution in [0.1, 0.15) is 19.8 Å². The molecule has 1 amide bonds. The molecule has 104 valence electrons. The van der Waals surface area contributed by atoms with Crippen LogP contribution in [0.5, 0.6) is 0 Å². The summed E-state index contributed by atoms with van der Waals surface area (Å²) in [5.74, 6) is -0.0164. The smallest absolute Gasteiger partial charge is 0.238 e. The number of carbonyl (C=O) groups excluding carboxylic acids is 1. The number of rotatable bonds is 4. The maximum atomic E-state index is 11.8. The van der Waals surface area contributed by atoms with Crippen LogP contribution in [0.4, 0.5) is 5.69 Å². The van der Waals surface area contributed by atoms with E-state index in [0.29, 0.717) is 12.6 Å². The highest BCUT2D eigenvalue weighted by Gasteiger charge is 2.19. The van der Waals surface area contributed by atoms with Gasteiger partial charge in [0, 0.05) is 22.8 Å². The maximum Gasteiger partial charge on any atom is 0.238 e. The summed E-state index contributed by atoms with van der Waals surface area (Å²) < 4.78 is 6.43. The summed E-state index contributed by atoms with van der Waals surface area (Å²) in [7, 11) is 0. The van der Waals surface area contributed by atoms with Crippen molar-refractivity contribution in [3.8, 4) is 0 Å². The van der Waals surface area contributed by atoms with Gasteiger partial charge in [-0.15, -0.1) is 0 Å². The zero-order valence-electron chi connectivity index (χ0n) is 11.0. The van der Waals surface area contributed by atoms with Crippen LogP contribution in [0.2, 0.25) is 0 Å². The predicted molar refractivity (Wildman–Crippen MR) is 79.2 cm³/mol. The normalized spacial score (nSPS) is 23.1. The number of anilines is 1. The van der Waals surface area contributed by atoms with E-state index in [1.165, 1.54) is 0 Å². The van der Waals surface area contributed by atoms with Crippen molar-refractivity contribution in [1.29, 1.82) is 0 Å². The molecular formula is C14H19BrN2O2. The molecule has 1 aliphatic heterocycles. The van der Waals surface area contributed by atoms with Crippen LogP contribution >= 0.6 is 15.9 Å². The van der Waals surface area contributed by atoms with Crippen molar-refractivity contribution in [3.05, 3.63) is 28.7 Å². The summed E-state index contributed by atoms with van der Waals surface area (Å²) in [6.45, 7) is 3.17. The van der Waals surface area contributed by atoms with Gasteiger partial charge in [0.05, 0.1) is 12.6 Å². The Bertz CT molecular complexity index is 439. The first-order chi connectivity index (χ1) is 9.13. The second kappa shape index (κ2) is 7.03. The van der Waals surface area contributed by atoms with E-state index in [4.69, 9.17) is 4.74 Å². The molecule has 2 atom stereocenters. The molecule has 0 radical (unpaired) electrons. The number of amides is 1. The fourth-order valence-electron chi connectivity index (χ4n) is 2.19. The highest BCUT2D eigenvalue weighted by atomic mass is 79.9. The average Bonchev–Trinajstić information content (AvgIpc) is 2.36. The van der Waals surface area contributed by atoms with E-state index in [1.807, 2.05) is 24.3 Å². The third kappa shape index (κ3) is 4.93. The van der Waals surface area contributed by atoms with Gasteiger partial charge in [-0.2, -0.15) is 0 Å². The van der Waals surface area contributed by atoms with Gasteiger partial charge in [-0.05, 0) is 38.0 Å². The first kappa shape index (κ1) is 14.5. The molecule has 2 N–H and O–H groups in total. The molecule has 0 spiro atoms. The Balaban J connectivity index is 1.75. The third-order valence-electron chi connectivity index (χ3n) is 3.14. The molecule has 4 nitrogen and oxygen atoms in total. The molecule has 0 aromatic heterocycles. The molecule has 2 rings (SSSR count). The molecule has 1 aliphatic rings. The topological polar surface area (TPSA) is 50.4 Å². The lowest BCUT2D eigenvalue weighted by Gasteiger charge is -2.27. The minimum Gasteiger partial charge on any atom is -0.378 e. The van der Waals surface area contributed by atoms with Crippen LogP contribution < -0.4 is 10.6 Å². The molecule has 1 aromatic rings. The van der Waals surface area contributed by atoms with Gasteiger partial charge in [0.15, 0.2) is 0 Å². The Hall–Kier alpha value is -0.910. The van der Waals surface area contributed by atoms with Crippen molar-refractivity contribution in [1.82, 2.24) is 5.32 Å². The van der Waals surface area contributed by atoms with E-state index in [9.17, 15) is 4.79 Å². The van der Waals surface area contributed by atoms with Crippen LogP contribution in [-0.2, 0) is 9.53 Å². The fraction of sp³-hybridized carbons (Fsp3) is 0.500. The summed E-state index contributed by atoms with van der Waals surface area (Å²) in [6, 6.07) is 7.95. The number of carbonyl (C=O) groups is 1. The molecule has 0 saturated carbocycles. The van der Waals surface area contributed by atoms with Gasteiger partial charge >= 0.3 is 0 Å². The van der Waals surface area contributed by atoms with E-state index in [-0.39, 0.29) is 12.0 Å². The van der Waals surface area contributed by atoms with Gasteiger partial charge in [-0.3, -0.25) is 4.79 Å². The van der Waals surface area contributed by atoms with Crippen LogP contribution in [-0.4, -0.2) is 31.2 Å². The van der Waals surface area contributed by atoms with E-state index >= 15 is 0 Å². The summed E-state index contributed by atoms with van der Waals surface area (Å²) >= 11 is 3.38. The Morgan fingerprint density at radius 2 is 2.37 bits per heavy atom. The molecular weight excluding hydrogens is 308 g/mol. The fourth-order valence-corrected chi connectivity index (χ4v) is 2.59. The minimum absolute atomic E-state index is 0.0164. The standard InChI is InChI=1S/C14H19BrN2O2/c1-10-7-12(5-6-19-10)16-9-14(18)17-13-4-2-3-11(15)8-13/h2-4,8,10,12,16H,5-7,9H2,1H3,(H,17,18). The first-order valence-corrected chi connectivity index (χ1v) is 7.33. The third-order valence-corrected chi connectivity index (χ3v) is 3.64. The largest absolute Gasteiger partial charge is 0.378 e. The van der Waals surface area contributed by atoms with Gasteiger partial charge in [0.25, 0.3) is 0 Å². The zero-order chi connectivity index (χ0) is 13.7. The van der Waals surface area contributed by atoms with Crippen molar-refractivity contribution in [2.75, 3.05) is 18.5 Å². The lowest BCUT2D eigenvalue weighted by Crippen LogP contribution is -2.41. The lowest BCUT2D eigenvalue weighted by atomic mass is 10.0. The zero-order valence-corrected chi connectivity index (χ0v) is 12.6. The van der Waals surface area contributed by atoms with Gasteiger partial charge in [0.2, 0.25) is 5.91 Å². The minimum atomic E-state index is -0.0164. The molecule has 19 heavy (non-hydrogen) atoms. The van der Waals surface area contributed by atoms with Gasteiger partial charge in [-0.1, -0.05) is 22.0 Å². The highest BCUT2D eigenvalue weighted by Crippen LogP contribution is 2.16. The summed E-state index contributed by atoms with van der Waals surface area (Å²) in [6.07, 6.45) is 2.21. The van der Waals surface area contributed by atoms with E-state index in [1.54, 1.807) is 0 Å². The number of hydrogen-bond acceptors (Lipinski definition) is 3. The van der Waals surface area contributed by atoms with Crippen molar-refractivity contribution in [2.24, 2.45) is 0 Å². The van der Waals surface area contributed by atoms with Crippen LogP contribution in [0.25, 0.3) is 0 Å². The van der Waals surface area contributed by atoms with Gasteiger partial charge < -0.3 is 15.4 Å². The van der Waals surface area contributed by atoms with Crippen LogP contribution in [0.3, 0.4) is 0 Å². The Morgan fingerprint density at radius 3 is 3.11 bits per heavy atom. The lowest BCUT2D eigenvalue weighted by molar-refractivity contribution is -0.115. The molecule has 5 heteroatoms. The van der Waals surface area contributed by atoms with Crippen molar-refractivity contribution in [2.45, 2.75) is 31.9 Å². The molecule has 0 aliphatic carbocycles. The Kier molecular flexibility index (Phi) is 5.36. The summed E-state index contributed by atoms with van der Waals surface area (Å²) in [4.78, 5) is 11.8. The maximum absolute atomic E-state index is 11.8. The molecule has 1 saturated heterocycles. The van der Waals surface area contributed by atoms with Crippen LogP contribution in [0.15, 0.2) is 28.7 Å². The SMILES string of the molecule is CC1CC(NCC(=O)Nc2cccc(Br)c2)CCO1. The Labute approximate surface area is 122 Å². The Morgan fingerprint density at radius 1 is 1.53 bits per heavy atom. The van der Waals surface area contributed by atoms with Gasteiger partial charge in [-0.25, -0.2) is 0 Å². The molecule has 1 fully saturated rings. The molecule has 0 bridgehead atoms. The molecule has 1 aromatic carbocycles. The van der Waals surface area contributed by atoms with Crippen molar-refractivity contribution in [3.63, 3.8) is 0 Å². The van der Waals surface area contributed by atoms with Gasteiger partial charge in [0.1, 0.15) is 0 Å². The monoisotopic (exact) mass is 326 g/mol. The average molecular weight is 327 g/mol. The summed E-state index contributed by atoms with van der Waals surface area (Å²) in [5.41, 5.74) is 0.807. The van der Waals surface area contributed by atoms with E-state index in [0.717, 1.165) is 29.6 Å².